The molecule has 2 rings (SSSR count). The monoisotopic (exact) mass is 528 g/mol. The van der Waals surface area contributed by atoms with E-state index in [0.717, 1.165) is 29.2 Å². The van der Waals surface area contributed by atoms with E-state index in [0.29, 0.717) is 31.1 Å². The summed E-state index contributed by atoms with van der Waals surface area (Å²) in [5, 5.41) is 0.0190. The van der Waals surface area contributed by atoms with Gasteiger partial charge in [-0.05, 0) is 78.4 Å². The number of carbonyl (C=O) groups is 1. The molecule has 1 aliphatic rings. The number of hydrogen-bond acceptors (Lipinski definition) is 5. The molecule has 0 saturated heterocycles. The van der Waals surface area contributed by atoms with E-state index in [-0.39, 0.29) is 23.4 Å². The highest BCUT2D eigenvalue weighted by Gasteiger charge is 2.42. The minimum absolute atomic E-state index is 0.0190. The molecule has 1 saturated carbocycles. The molecule has 0 aromatic heterocycles. The van der Waals surface area contributed by atoms with Crippen molar-refractivity contribution in [1.82, 2.24) is 0 Å². The van der Waals surface area contributed by atoms with Crippen LogP contribution in [0.1, 0.15) is 78.4 Å². The number of rotatable bonds is 12. The van der Waals surface area contributed by atoms with E-state index >= 15 is 0 Å². The number of hydrogen-bond donors (Lipinski definition) is 0. The summed E-state index contributed by atoms with van der Waals surface area (Å²) < 4.78 is 26.1. The second-order valence-corrected chi connectivity index (χ2v) is 15.5. The minimum Gasteiger partial charge on any atom is -0.493 e. The Bertz CT molecular complexity index is 713. The van der Waals surface area contributed by atoms with Gasteiger partial charge in [0.05, 0.1) is 31.5 Å². The molecule has 0 unspecified atom stereocenters. The fraction of sp³-hybridized carbons (Fsp3) is 0.720. The van der Waals surface area contributed by atoms with Crippen LogP contribution in [0.5, 0.6) is 11.5 Å². The van der Waals surface area contributed by atoms with Gasteiger partial charge in [0.25, 0.3) is 0 Å². The molecule has 7 heteroatoms. The van der Waals surface area contributed by atoms with E-state index in [4.69, 9.17) is 18.6 Å². The van der Waals surface area contributed by atoms with E-state index in [1.54, 1.807) is 0 Å². The lowest BCUT2D eigenvalue weighted by molar-refractivity contribution is -0.117. The van der Waals surface area contributed by atoms with Crippen molar-refractivity contribution in [3.05, 3.63) is 22.2 Å². The Morgan fingerprint density at radius 1 is 1.09 bits per heavy atom. The second-order valence-electron chi connectivity index (χ2n) is 9.98. The maximum atomic E-state index is 11.7. The van der Waals surface area contributed by atoms with Gasteiger partial charge in [-0.1, -0.05) is 33.6 Å². The topological polar surface area (TPSA) is 54.0 Å². The van der Waals surface area contributed by atoms with Crippen molar-refractivity contribution in [2.45, 2.75) is 103 Å². The van der Waals surface area contributed by atoms with Gasteiger partial charge in [-0.25, -0.2) is 0 Å². The molecule has 0 N–H and O–H groups in total. The fourth-order valence-corrected chi connectivity index (χ4v) is 5.48. The quantitative estimate of drug-likeness (QED) is 0.211. The van der Waals surface area contributed by atoms with Gasteiger partial charge in [0.1, 0.15) is 22.3 Å². The summed E-state index contributed by atoms with van der Waals surface area (Å²) in [6.07, 6.45) is 5.11. The molecular formula is C25H41BrO5Si. The lowest BCUT2D eigenvalue weighted by atomic mass is 10.0. The maximum Gasteiger partial charge on any atom is 0.193 e. The average molecular weight is 530 g/mol. The van der Waals surface area contributed by atoms with Crippen LogP contribution in [0.4, 0.5) is 0 Å². The molecular weight excluding hydrogens is 488 g/mol. The first-order chi connectivity index (χ1) is 15.0. The van der Waals surface area contributed by atoms with Gasteiger partial charge < -0.3 is 23.4 Å². The molecule has 0 heterocycles. The molecule has 1 fully saturated rings. The predicted octanol–water partition coefficient (Wildman–Crippen LogP) is 7.23. The molecule has 5 nitrogen and oxygen atoms in total. The summed E-state index contributed by atoms with van der Waals surface area (Å²) in [4.78, 5) is 11.7. The van der Waals surface area contributed by atoms with E-state index in [1.165, 1.54) is 12.8 Å². The van der Waals surface area contributed by atoms with Gasteiger partial charge in [0, 0.05) is 6.42 Å². The second kappa shape index (κ2) is 12.0. The molecule has 1 aliphatic carbocycles. The van der Waals surface area contributed by atoms with Crippen LogP contribution in [0.25, 0.3) is 0 Å². The van der Waals surface area contributed by atoms with Crippen LogP contribution in [0.2, 0.25) is 18.1 Å². The maximum absolute atomic E-state index is 11.7. The van der Waals surface area contributed by atoms with Crippen molar-refractivity contribution < 1.29 is 23.4 Å². The Morgan fingerprint density at radius 3 is 2.06 bits per heavy atom. The first kappa shape index (κ1) is 27.4. The SMILES string of the molecule is CCOc1cc([C@@H](O[Si](C)(C)C(C)(C)C)[C@H](CC=O)OC2CCCC2)cc(OCC)c1Br. The number of carbonyl (C=O) groups excluding carboxylic acids is 1. The zero-order chi connectivity index (χ0) is 23.9. The third-order valence-corrected chi connectivity index (χ3v) is 11.8. The normalized spacial score (nSPS) is 17.2. The van der Waals surface area contributed by atoms with Gasteiger partial charge in [0.2, 0.25) is 0 Å². The number of ether oxygens (including phenoxy) is 3. The van der Waals surface area contributed by atoms with Crippen molar-refractivity contribution in [2.24, 2.45) is 0 Å². The van der Waals surface area contributed by atoms with Crippen molar-refractivity contribution in [1.29, 1.82) is 0 Å². The van der Waals surface area contributed by atoms with Crippen LogP contribution < -0.4 is 9.47 Å². The largest absolute Gasteiger partial charge is 0.493 e. The number of benzene rings is 1. The van der Waals surface area contributed by atoms with Crippen molar-refractivity contribution in [2.75, 3.05) is 13.2 Å². The molecule has 2 atom stereocenters. The summed E-state index contributed by atoms with van der Waals surface area (Å²) in [7, 11) is -2.17. The number of halogens is 1. The molecule has 0 bridgehead atoms. The van der Waals surface area contributed by atoms with E-state index in [9.17, 15) is 4.79 Å². The Kier molecular flexibility index (Phi) is 10.3. The van der Waals surface area contributed by atoms with Crippen molar-refractivity contribution in [3.8, 4) is 11.5 Å². The lowest BCUT2D eigenvalue weighted by Crippen LogP contribution is -2.45. The smallest absolute Gasteiger partial charge is 0.193 e. The first-order valence-corrected chi connectivity index (χ1v) is 15.6. The van der Waals surface area contributed by atoms with E-state index in [2.05, 4.69) is 49.8 Å². The average Bonchev–Trinajstić information content (AvgIpc) is 3.21. The molecule has 1 aromatic rings. The van der Waals surface area contributed by atoms with Crippen molar-refractivity contribution in [3.63, 3.8) is 0 Å². The summed E-state index contributed by atoms with van der Waals surface area (Å²) in [5.41, 5.74) is 0.926. The van der Waals surface area contributed by atoms with Crippen LogP contribution in [-0.2, 0) is 14.0 Å². The molecule has 0 spiro atoms. The molecule has 182 valence electrons. The highest BCUT2D eigenvalue weighted by Crippen LogP contribution is 2.45. The van der Waals surface area contributed by atoms with Gasteiger partial charge >= 0.3 is 0 Å². The predicted molar refractivity (Wildman–Crippen MR) is 135 cm³/mol. The molecule has 0 aliphatic heterocycles. The Labute approximate surface area is 203 Å². The van der Waals surface area contributed by atoms with Crippen LogP contribution in [0.3, 0.4) is 0 Å². The first-order valence-electron chi connectivity index (χ1n) is 11.9. The summed E-state index contributed by atoms with van der Waals surface area (Å²) in [5.74, 6) is 1.42. The summed E-state index contributed by atoms with van der Waals surface area (Å²) in [6, 6.07) is 4.01. The van der Waals surface area contributed by atoms with Gasteiger partial charge in [0.15, 0.2) is 8.32 Å². The zero-order valence-electron chi connectivity index (χ0n) is 20.8. The van der Waals surface area contributed by atoms with Gasteiger partial charge in [-0.3, -0.25) is 0 Å². The Hall–Kier alpha value is -0.893. The molecule has 1 aromatic carbocycles. The summed E-state index contributed by atoms with van der Waals surface area (Å²) >= 11 is 3.63. The number of aldehydes is 1. The standard InChI is InChI=1S/C25H41BrO5Si/c1-8-28-21-16-18(17-22(23(21)26)29-9-2)24(31-32(6,7)25(3,4)5)20(14-15-27)30-19-12-10-11-13-19/h15-17,19-20,24H,8-14H2,1-7H3/t20-,24+/m0/s1. The fourth-order valence-electron chi connectivity index (χ4n) is 3.75. The molecule has 0 radical (unpaired) electrons. The molecule has 32 heavy (non-hydrogen) atoms. The van der Waals surface area contributed by atoms with E-state index in [1.807, 2.05) is 26.0 Å². The van der Waals surface area contributed by atoms with Crippen LogP contribution in [0, 0.1) is 0 Å². The minimum atomic E-state index is -2.17. The Balaban J connectivity index is 2.56. The molecule has 0 amide bonds. The van der Waals surface area contributed by atoms with Crippen LogP contribution in [0.15, 0.2) is 16.6 Å². The van der Waals surface area contributed by atoms with Crippen LogP contribution in [-0.4, -0.2) is 40.0 Å². The Morgan fingerprint density at radius 2 is 1.62 bits per heavy atom. The zero-order valence-corrected chi connectivity index (χ0v) is 23.4. The highest BCUT2D eigenvalue weighted by molar-refractivity contribution is 9.10. The third kappa shape index (κ3) is 7.05. The van der Waals surface area contributed by atoms with Gasteiger partial charge in [-0.15, -0.1) is 0 Å². The lowest BCUT2D eigenvalue weighted by Gasteiger charge is -2.42. The van der Waals surface area contributed by atoms with Crippen molar-refractivity contribution >= 4 is 30.5 Å². The van der Waals surface area contributed by atoms with Crippen LogP contribution >= 0.6 is 15.9 Å². The highest BCUT2D eigenvalue weighted by atomic mass is 79.9. The summed E-state index contributed by atoms with van der Waals surface area (Å²) in [6.45, 7) is 16.1. The van der Waals surface area contributed by atoms with Gasteiger partial charge in [-0.2, -0.15) is 0 Å². The van der Waals surface area contributed by atoms with E-state index < -0.39 is 8.32 Å². The third-order valence-electron chi connectivity index (χ3n) is 6.52.